The number of aromatic nitrogens is 2. The smallest absolute Gasteiger partial charge is 0.309 e. The Morgan fingerprint density at radius 1 is 1.60 bits per heavy atom. The Hall–Kier alpha value is -1.65. The van der Waals surface area contributed by atoms with Gasteiger partial charge in [-0.3, -0.25) is 14.2 Å². The molecule has 5 nitrogen and oxygen atoms in total. The van der Waals surface area contributed by atoms with Crippen molar-refractivity contribution in [1.29, 1.82) is 0 Å². The van der Waals surface area contributed by atoms with E-state index >= 15 is 0 Å². The molecule has 0 aliphatic carbocycles. The predicted octanol–water partition coefficient (Wildman–Crippen LogP) is 0.744. The zero-order valence-electron chi connectivity index (χ0n) is 8.80. The third-order valence-corrected chi connectivity index (χ3v) is 2.35. The molecule has 0 aromatic carbocycles. The minimum Gasteiger partial charge on any atom is -0.481 e. The van der Waals surface area contributed by atoms with Crippen LogP contribution < -0.4 is 5.56 Å². The maximum atomic E-state index is 11.3. The summed E-state index contributed by atoms with van der Waals surface area (Å²) < 4.78 is 1.41. The number of hydrogen-bond acceptors (Lipinski definition) is 3. The molecule has 0 spiro atoms. The van der Waals surface area contributed by atoms with Gasteiger partial charge in [-0.05, 0) is 20.3 Å². The van der Waals surface area contributed by atoms with Crippen LogP contribution in [0, 0.1) is 5.41 Å². The lowest BCUT2D eigenvalue weighted by Gasteiger charge is -2.18. The summed E-state index contributed by atoms with van der Waals surface area (Å²) in [6, 6.07) is 1.35. The predicted molar refractivity (Wildman–Crippen MR) is 54.5 cm³/mol. The SMILES string of the molecule is CC(C)(CCn1cnccc1=O)C(=O)O. The van der Waals surface area contributed by atoms with Crippen molar-refractivity contribution in [3.05, 3.63) is 28.9 Å². The molecule has 0 fully saturated rings. The first-order valence-corrected chi connectivity index (χ1v) is 4.67. The molecule has 0 amide bonds. The Bertz CT molecular complexity index is 409. The van der Waals surface area contributed by atoms with Crippen LogP contribution in [0.1, 0.15) is 20.3 Å². The molecular formula is C10H14N2O3. The highest BCUT2D eigenvalue weighted by atomic mass is 16.4. The summed E-state index contributed by atoms with van der Waals surface area (Å²) in [4.78, 5) is 25.9. The topological polar surface area (TPSA) is 72.2 Å². The second-order valence-corrected chi connectivity index (χ2v) is 4.05. The van der Waals surface area contributed by atoms with Crippen LogP contribution in [0.3, 0.4) is 0 Å². The Kier molecular flexibility index (Phi) is 3.24. The van der Waals surface area contributed by atoms with Crippen molar-refractivity contribution in [1.82, 2.24) is 9.55 Å². The van der Waals surface area contributed by atoms with Crippen molar-refractivity contribution in [2.45, 2.75) is 26.8 Å². The van der Waals surface area contributed by atoms with Crippen molar-refractivity contribution in [3.63, 3.8) is 0 Å². The zero-order chi connectivity index (χ0) is 11.5. The highest BCUT2D eigenvalue weighted by Gasteiger charge is 2.26. The van der Waals surface area contributed by atoms with Crippen LogP contribution in [0.2, 0.25) is 0 Å². The number of carboxylic acids is 1. The molecule has 0 atom stereocenters. The fourth-order valence-electron chi connectivity index (χ4n) is 1.05. The van der Waals surface area contributed by atoms with Gasteiger partial charge in [0.25, 0.3) is 5.56 Å². The summed E-state index contributed by atoms with van der Waals surface area (Å²) in [5, 5.41) is 8.89. The molecule has 0 unspecified atom stereocenters. The summed E-state index contributed by atoms with van der Waals surface area (Å²) in [5.74, 6) is -0.862. The lowest BCUT2D eigenvalue weighted by molar-refractivity contribution is -0.147. The Labute approximate surface area is 87.4 Å². The Balaban J connectivity index is 2.70. The molecule has 0 aliphatic rings. The van der Waals surface area contributed by atoms with Crippen LogP contribution in [0.5, 0.6) is 0 Å². The van der Waals surface area contributed by atoms with E-state index in [4.69, 9.17) is 5.11 Å². The molecule has 0 saturated carbocycles. The fourth-order valence-corrected chi connectivity index (χ4v) is 1.05. The average Bonchev–Trinajstić information content (AvgIpc) is 2.16. The zero-order valence-corrected chi connectivity index (χ0v) is 8.80. The molecular weight excluding hydrogens is 196 g/mol. The molecule has 1 aromatic rings. The fraction of sp³-hybridized carbons (Fsp3) is 0.500. The number of aryl methyl sites for hydroxylation is 1. The summed E-state index contributed by atoms with van der Waals surface area (Å²) in [5.41, 5.74) is -0.985. The summed E-state index contributed by atoms with van der Waals surface area (Å²) in [6.45, 7) is 3.64. The van der Waals surface area contributed by atoms with Crippen LogP contribution in [0.15, 0.2) is 23.4 Å². The lowest BCUT2D eigenvalue weighted by atomic mass is 9.90. The second-order valence-electron chi connectivity index (χ2n) is 4.05. The van der Waals surface area contributed by atoms with Crippen molar-refractivity contribution in [2.75, 3.05) is 0 Å². The van der Waals surface area contributed by atoms with E-state index in [2.05, 4.69) is 4.98 Å². The average molecular weight is 210 g/mol. The molecule has 15 heavy (non-hydrogen) atoms. The molecule has 0 bridgehead atoms. The van der Waals surface area contributed by atoms with Crippen molar-refractivity contribution in [3.8, 4) is 0 Å². The molecule has 5 heteroatoms. The minimum absolute atomic E-state index is 0.161. The minimum atomic E-state index is -0.862. The molecule has 82 valence electrons. The van der Waals surface area contributed by atoms with E-state index in [0.717, 1.165) is 0 Å². The van der Waals surface area contributed by atoms with E-state index < -0.39 is 11.4 Å². The molecule has 1 aromatic heterocycles. The molecule has 0 aliphatic heterocycles. The van der Waals surface area contributed by atoms with E-state index in [1.165, 1.54) is 23.2 Å². The quantitative estimate of drug-likeness (QED) is 0.795. The molecule has 0 saturated heterocycles. The number of carboxylic acid groups (broad SMARTS) is 1. The van der Waals surface area contributed by atoms with Crippen molar-refractivity contribution in [2.24, 2.45) is 5.41 Å². The summed E-state index contributed by atoms with van der Waals surface area (Å²) in [7, 11) is 0. The van der Waals surface area contributed by atoms with Crippen LogP contribution in [0.4, 0.5) is 0 Å². The third kappa shape index (κ3) is 2.90. The van der Waals surface area contributed by atoms with Crippen molar-refractivity contribution >= 4 is 5.97 Å². The number of nitrogens with zero attached hydrogens (tertiary/aromatic N) is 2. The number of hydrogen-bond donors (Lipinski definition) is 1. The lowest BCUT2D eigenvalue weighted by Crippen LogP contribution is -2.28. The van der Waals surface area contributed by atoms with Gasteiger partial charge in [0.15, 0.2) is 0 Å². The largest absolute Gasteiger partial charge is 0.481 e. The summed E-state index contributed by atoms with van der Waals surface area (Å²) >= 11 is 0. The summed E-state index contributed by atoms with van der Waals surface area (Å²) in [6.07, 6.45) is 3.23. The standard InChI is InChI=1S/C10H14N2O3/c1-10(2,9(14)15)4-6-12-7-11-5-3-8(12)13/h3,5,7H,4,6H2,1-2H3,(H,14,15). The number of rotatable bonds is 4. The van der Waals surface area contributed by atoms with Gasteiger partial charge in [-0.15, -0.1) is 0 Å². The van der Waals surface area contributed by atoms with Crippen LogP contribution in [-0.4, -0.2) is 20.6 Å². The monoisotopic (exact) mass is 210 g/mol. The van der Waals surface area contributed by atoms with Crippen molar-refractivity contribution < 1.29 is 9.90 Å². The third-order valence-electron chi connectivity index (χ3n) is 2.35. The van der Waals surface area contributed by atoms with Gasteiger partial charge >= 0.3 is 5.97 Å². The maximum absolute atomic E-state index is 11.3. The molecule has 1 N–H and O–H groups in total. The molecule has 1 rings (SSSR count). The first-order valence-electron chi connectivity index (χ1n) is 4.67. The van der Waals surface area contributed by atoms with E-state index in [-0.39, 0.29) is 5.56 Å². The van der Waals surface area contributed by atoms with Gasteiger partial charge in [-0.25, -0.2) is 4.98 Å². The van der Waals surface area contributed by atoms with Crippen LogP contribution in [-0.2, 0) is 11.3 Å². The van der Waals surface area contributed by atoms with Gasteiger partial charge in [0, 0.05) is 18.8 Å². The van der Waals surface area contributed by atoms with Gasteiger partial charge in [-0.2, -0.15) is 0 Å². The highest BCUT2D eigenvalue weighted by Crippen LogP contribution is 2.20. The first kappa shape index (κ1) is 11.4. The van der Waals surface area contributed by atoms with Crippen LogP contribution >= 0.6 is 0 Å². The van der Waals surface area contributed by atoms with E-state index in [1.54, 1.807) is 13.8 Å². The maximum Gasteiger partial charge on any atom is 0.309 e. The van der Waals surface area contributed by atoms with Gasteiger partial charge in [-0.1, -0.05) is 0 Å². The van der Waals surface area contributed by atoms with Gasteiger partial charge in [0.1, 0.15) is 0 Å². The Morgan fingerprint density at radius 2 is 2.27 bits per heavy atom. The number of aliphatic carboxylic acids is 1. The Morgan fingerprint density at radius 3 is 2.80 bits per heavy atom. The van der Waals surface area contributed by atoms with Gasteiger partial charge in [0.05, 0.1) is 11.7 Å². The normalized spacial score (nSPS) is 11.3. The van der Waals surface area contributed by atoms with E-state index in [1.807, 2.05) is 0 Å². The van der Waals surface area contributed by atoms with E-state index in [0.29, 0.717) is 13.0 Å². The first-order chi connectivity index (χ1) is 6.93. The molecule has 0 radical (unpaired) electrons. The molecule has 1 heterocycles. The van der Waals surface area contributed by atoms with Crippen LogP contribution in [0.25, 0.3) is 0 Å². The van der Waals surface area contributed by atoms with E-state index in [9.17, 15) is 9.59 Å². The van der Waals surface area contributed by atoms with Gasteiger partial charge in [0.2, 0.25) is 0 Å². The highest BCUT2D eigenvalue weighted by molar-refractivity contribution is 5.73. The number of carbonyl (C=O) groups is 1. The van der Waals surface area contributed by atoms with Gasteiger partial charge < -0.3 is 5.11 Å². The second kappa shape index (κ2) is 4.25.